The van der Waals surface area contributed by atoms with Crippen LogP contribution in [0.3, 0.4) is 0 Å². The molecule has 0 saturated carbocycles. The molecule has 4 aromatic heterocycles. The first-order chi connectivity index (χ1) is 13.2. The first kappa shape index (κ1) is 17.0. The van der Waals surface area contributed by atoms with Gasteiger partial charge in [-0.1, -0.05) is 12.1 Å². The maximum Gasteiger partial charge on any atom is 0.226 e. The monoisotopic (exact) mass is 376 g/mol. The predicted molar refractivity (Wildman–Crippen MR) is 102 cm³/mol. The molecular weight excluding hydrogens is 360 g/mol. The standard InChI is InChI=1S/C19H16N6OS/c20-18(26)14(10-13-4-1-6-21-12-13)15-11-17(25-8-3-7-22-25)24-19(23-15)16-5-2-9-27-16/h1-9,11-12,14H,10H2,(H2,20,26). The van der Waals surface area contributed by atoms with Crippen LogP contribution in [0.2, 0.25) is 0 Å². The highest BCUT2D eigenvalue weighted by atomic mass is 32.1. The second-order valence-corrected chi connectivity index (χ2v) is 6.87. The molecule has 4 heterocycles. The van der Waals surface area contributed by atoms with Gasteiger partial charge in [0.25, 0.3) is 0 Å². The van der Waals surface area contributed by atoms with Crippen LogP contribution >= 0.6 is 11.3 Å². The molecule has 27 heavy (non-hydrogen) atoms. The Balaban J connectivity index is 1.80. The Morgan fingerprint density at radius 2 is 2.11 bits per heavy atom. The summed E-state index contributed by atoms with van der Waals surface area (Å²) in [6.45, 7) is 0. The van der Waals surface area contributed by atoms with Crippen LogP contribution in [0.4, 0.5) is 0 Å². The number of carbonyl (C=O) groups is 1. The van der Waals surface area contributed by atoms with E-state index in [1.165, 1.54) is 11.3 Å². The van der Waals surface area contributed by atoms with Crippen LogP contribution in [0.15, 0.2) is 66.6 Å². The molecule has 1 unspecified atom stereocenters. The van der Waals surface area contributed by atoms with Crippen molar-refractivity contribution in [2.45, 2.75) is 12.3 Å². The number of hydrogen-bond donors (Lipinski definition) is 1. The number of aromatic nitrogens is 5. The van der Waals surface area contributed by atoms with Crippen LogP contribution < -0.4 is 5.73 Å². The van der Waals surface area contributed by atoms with Crippen LogP contribution in [-0.4, -0.2) is 30.6 Å². The molecule has 0 aromatic carbocycles. The Morgan fingerprint density at radius 3 is 2.78 bits per heavy atom. The largest absolute Gasteiger partial charge is 0.369 e. The van der Waals surface area contributed by atoms with Crippen molar-refractivity contribution in [3.63, 3.8) is 0 Å². The molecule has 1 atom stereocenters. The fourth-order valence-corrected chi connectivity index (χ4v) is 3.43. The van der Waals surface area contributed by atoms with Crippen molar-refractivity contribution < 1.29 is 4.79 Å². The maximum absolute atomic E-state index is 12.2. The van der Waals surface area contributed by atoms with Crippen molar-refractivity contribution in [3.05, 3.63) is 77.8 Å². The second kappa shape index (κ2) is 7.46. The Bertz CT molecular complexity index is 979. The number of pyridine rings is 1. The summed E-state index contributed by atoms with van der Waals surface area (Å²) in [7, 11) is 0. The zero-order chi connectivity index (χ0) is 18.6. The van der Waals surface area contributed by atoms with E-state index in [1.54, 1.807) is 35.5 Å². The minimum Gasteiger partial charge on any atom is -0.369 e. The van der Waals surface area contributed by atoms with Gasteiger partial charge in [0.1, 0.15) is 0 Å². The number of primary amides is 1. The van der Waals surface area contributed by atoms with E-state index in [2.05, 4.69) is 20.1 Å². The predicted octanol–water partition coefficient (Wildman–Crippen LogP) is 2.60. The van der Waals surface area contributed by atoms with Crippen LogP contribution in [0, 0.1) is 0 Å². The van der Waals surface area contributed by atoms with Crippen LogP contribution in [0.25, 0.3) is 16.5 Å². The third-order valence-corrected chi connectivity index (χ3v) is 4.94. The lowest BCUT2D eigenvalue weighted by molar-refractivity contribution is -0.119. The molecule has 1 amide bonds. The molecule has 4 rings (SSSR count). The highest BCUT2D eigenvalue weighted by Gasteiger charge is 2.23. The molecule has 0 spiro atoms. The van der Waals surface area contributed by atoms with E-state index in [0.717, 1.165) is 10.4 Å². The molecule has 0 aliphatic rings. The number of amides is 1. The molecule has 0 radical (unpaired) electrons. The quantitative estimate of drug-likeness (QED) is 0.557. The lowest BCUT2D eigenvalue weighted by atomic mass is 9.96. The Labute approximate surface area is 159 Å². The number of hydrogen-bond acceptors (Lipinski definition) is 6. The van der Waals surface area contributed by atoms with E-state index in [4.69, 9.17) is 5.73 Å². The Morgan fingerprint density at radius 1 is 1.19 bits per heavy atom. The van der Waals surface area contributed by atoms with Crippen LogP contribution in [0.5, 0.6) is 0 Å². The molecule has 0 saturated heterocycles. The zero-order valence-electron chi connectivity index (χ0n) is 14.3. The van der Waals surface area contributed by atoms with E-state index in [-0.39, 0.29) is 0 Å². The van der Waals surface area contributed by atoms with Gasteiger partial charge in [-0.15, -0.1) is 11.3 Å². The zero-order valence-corrected chi connectivity index (χ0v) is 15.1. The van der Waals surface area contributed by atoms with Crippen LogP contribution in [-0.2, 0) is 11.2 Å². The summed E-state index contributed by atoms with van der Waals surface area (Å²) < 4.78 is 1.64. The second-order valence-electron chi connectivity index (χ2n) is 5.92. The molecule has 134 valence electrons. The lowest BCUT2D eigenvalue weighted by Crippen LogP contribution is -2.25. The molecule has 0 fully saturated rings. The molecule has 0 bridgehead atoms. The molecule has 0 aliphatic carbocycles. The normalized spacial score (nSPS) is 12.0. The van der Waals surface area contributed by atoms with E-state index in [0.29, 0.717) is 23.8 Å². The smallest absolute Gasteiger partial charge is 0.226 e. The fraction of sp³-hybridized carbons (Fsp3) is 0.105. The van der Waals surface area contributed by atoms with Crippen molar-refractivity contribution in [3.8, 4) is 16.5 Å². The number of carbonyl (C=O) groups excluding carboxylic acids is 1. The first-order valence-corrected chi connectivity index (χ1v) is 9.20. The maximum atomic E-state index is 12.2. The van der Waals surface area contributed by atoms with E-state index >= 15 is 0 Å². The molecule has 2 N–H and O–H groups in total. The van der Waals surface area contributed by atoms with Gasteiger partial charge >= 0.3 is 0 Å². The molecule has 8 heteroatoms. The Hall–Kier alpha value is -3.39. The average Bonchev–Trinajstić information content (AvgIpc) is 3.40. The third-order valence-electron chi connectivity index (χ3n) is 4.08. The van der Waals surface area contributed by atoms with Crippen molar-refractivity contribution in [1.29, 1.82) is 0 Å². The summed E-state index contributed by atoms with van der Waals surface area (Å²) in [6.07, 6.45) is 7.31. The van der Waals surface area contributed by atoms with Gasteiger partial charge in [0.15, 0.2) is 11.6 Å². The van der Waals surface area contributed by atoms with Crippen molar-refractivity contribution in [2.75, 3.05) is 0 Å². The number of nitrogens with zero attached hydrogens (tertiary/aromatic N) is 5. The summed E-state index contributed by atoms with van der Waals surface area (Å²) in [5.41, 5.74) is 7.19. The van der Waals surface area contributed by atoms with Gasteiger partial charge in [0.2, 0.25) is 5.91 Å². The average molecular weight is 376 g/mol. The number of nitrogens with two attached hydrogens (primary N) is 1. The fourth-order valence-electron chi connectivity index (χ4n) is 2.77. The third kappa shape index (κ3) is 3.75. The Kier molecular flexibility index (Phi) is 4.71. The number of thiophene rings is 1. The van der Waals surface area contributed by atoms with Gasteiger partial charge in [0.05, 0.1) is 16.5 Å². The van der Waals surface area contributed by atoms with E-state index < -0.39 is 11.8 Å². The van der Waals surface area contributed by atoms with Gasteiger partial charge in [-0.3, -0.25) is 9.78 Å². The summed E-state index contributed by atoms with van der Waals surface area (Å²) in [5.74, 6) is 0.0996. The van der Waals surface area contributed by atoms with Crippen LogP contribution in [0.1, 0.15) is 17.2 Å². The molecule has 4 aromatic rings. The van der Waals surface area contributed by atoms with Gasteiger partial charge in [0, 0.05) is 30.9 Å². The minimum absolute atomic E-state index is 0.419. The molecule has 7 nitrogen and oxygen atoms in total. The minimum atomic E-state index is -0.592. The lowest BCUT2D eigenvalue weighted by Gasteiger charge is -2.15. The van der Waals surface area contributed by atoms with Crippen molar-refractivity contribution in [1.82, 2.24) is 24.7 Å². The SMILES string of the molecule is NC(=O)C(Cc1cccnc1)c1cc(-n2cccn2)nc(-c2cccs2)n1. The van der Waals surface area contributed by atoms with Gasteiger partial charge in [-0.25, -0.2) is 14.6 Å². The summed E-state index contributed by atoms with van der Waals surface area (Å²) >= 11 is 1.53. The van der Waals surface area contributed by atoms with Gasteiger partial charge < -0.3 is 5.73 Å². The topological polar surface area (TPSA) is 99.6 Å². The molecular formula is C19H16N6OS. The van der Waals surface area contributed by atoms with Gasteiger partial charge in [-0.05, 0) is 35.6 Å². The molecule has 0 aliphatic heterocycles. The summed E-state index contributed by atoms with van der Waals surface area (Å²) in [4.78, 5) is 26.5. The summed E-state index contributed by atoms with van der Waals surface area (Å²) in [5, 5.41) is 6.20. The highest BCUT2D eigenvalue weighted by Crippen LogP contribution is 2.26. The van der Waals surface area contributed by atoms with Crippen molar-refractivity contribution in [2.24, 2.45) is 5.73 Å². The summed E-state index contributed by atoms with van der Waals surface area (Å²) in [6, 6.07) is 11.2. The van der Waals surface area contributed by atoms with Crippen molar-refractivity contribution >= 4 is 17.2 Å². The highest BCUT2D eigenvalue weighted by molar-refractivity contribution is 7.13. The van der Waals surface area contributed by atoms with E-state index in [1.807, 2.05) is 35.7 Å². The van der Waals surface area contributed by atoms with Gasteiger partial charge in [-0.2, -0.15) is 5.10 Å². The first-order valence-electron chi connectivity index (χ1n) is 8.32. The number of rotatable bonds is 6. The van der Waals surface area contributed by atoms with E-state index in [9.17, 15) is 4.79 Å².